The zero-order chi connectivity index (χ0) is 23.1. The number of allylic oxidation sites excluding steroid dienone is 4. The molecule has 1 aliphatic rings. The van der Waals surface area contributed by atoms with Crippen molar-refractivity contribution in [3.8, 4) is 0 Å². The van der Waals surface area contributed by atoms with E-state index in [1.54, 1.807) is 32.2 Å². The molecule has 0 atom stereocenters. The van der Waals surface area contributed by atoms with Crippen molar-refractivity contribution in [2.24, 2.45) is 0 Å². The number of anilines is 3. The van der Waals surface area contributed by atoms with Gasteiger partial charge in [-0.15, -0.1) is 0 Å². The van der Waals surface area contributed by atoms with Crippen molar-refractivity contribution in [1.82, 2.24) is 14.7 Å². The zero-order valence-corrected chi connectivity index (χ0v) is 19.7. The number of rotatable bonds is 9. The van der Waals surface area contributed by atoms with Gasteiger partial charge in [0.15, 0.2) is 5.82 Å². The van der Waals surface area contributed by atoms with E-state index in [4.69, 9.17) is 16.3 Å². The molecule has 1 aromatic heterocycles. The molecule has 1 aliphatic carbocycles. The second kappa shape index (κ2) is 10.6. The fourth-order valence-corrected chi connectivity index (χ4v) is 4.46. The van der Waals surface area contributed by atoms with Gasteiger partial charge in [-0.3, -0.25) is 0 Å². The zero-order valence-electron chi connectivity index (χ0n) is 18.1. The maximum absolute atomic E-state index is 12.6. The first-order valence-corrected chi connectivity index (χ1v) is 12.0. The van der Waals surface area contributed by atoms with Crippen LogP contribution in [0.5, 0.6) is 0 Å². The van der Waals surface area contributed by atoms with Crippen LogP contribution in [0.15, 0.2) is 70.6 Å². The molecule has 0 radical (unpaired) electrons. The SMILES string of the molecule is CCNS(=O)(=O)c1ccccc1Nc1nc(NC2=CC(CC)=CCC=C2OC)ncc1Cl. The van der Waals surface area contributed by atoms with Crippen LogP contribution in [0.3, 0.4) is 0 Å². The van der Waals surface area contributed by atoms with E-state index < -0.39 is 10.0 Å². The van der Waals surface area contributed by atoms with Gasteiger partial charge in [-0.2, -0.15) is 4.98 Å². The van der Waals surface area contributed by atoms with E-state index in [1.165, 1.54) is 12.3 Å². The summed E-state index contributed by atoms with van der Waals surface area (Å²) in [4.78, 5) is 8.81. The highest BCUT2D eigenvalue weighted by Gasteiger charge is 2.19. The van der Waals surface area contributed by atoms with E-state index >= 15 is 0 Å². The molecule has 10 heteroatoms. The summed E-state index contributed by atoms with van der Waals surface area (Å²) in [5, 5.41) is 6.45. The van der Waals surface area contributed by atoms with E-state index in [2.05, 4.69) is 38.3 Å². The number of para-hydroxylation sites is 1. The normalized spacial score (nSPS) is 14.1. The van der Waals surface area contributed by atoms with Crippen LogP contribution in [-0.2, 0) is 14.8 Å². The summed E-state index contributed by atoms with van der Waals surface area (Å²) in [5.41, 5.74) is 2.23. The summed E-state index contributed by atoms with van der Waals surface area (Å²) in [6.07, 6.45) is 9.18. The lowest BCUT2D eigenvalue weighted by atomic mass is 10.1. The maximum Gasteiger partial charge on any atom is 0.242 e. The van der Waals surface area contributed by atoms with Crippen LogP contribution in [0.1, 0.15) is 26.7 Å². The molecule has 0 spiro atoms. The Morgan fingerprint density at radius 1 is 1.16 bits per heavy atom. The number of methoxy groups -OCH3 is 1. The van der Waals surface area contributed by atoms with Crippen LogP contribution in [0.2, 0.25) is 5.02 Å². The Morgan fingerprint density at radius 3 is 2.66 bits per heavy atom. The molecule has 0 saturated heterocycles. The third kappa shape index (κ3) is 5.67. The van der Waals surface area contributed by atoms with Crippen LogP contribution >= 0.6 is 11.6 Å². The minimum atomic E-state index is -3.68. The Balaban J connectivity index is 1.93. The Labute approximate surface area is 193 Å². The monoisotopic (exact) mass is 475 g/mol. The van der Waals surface area contributed by atoms with E-state index in [0.29, 0.717) is 11.4 Å². The van der Waals surface area contributed by atoms with Crippen molar-refractivity contribution in [2.75, 3.05) is 24.3 Å². The van der Waals surface area contributed by atoms with Crippen molar-refractivity contribution < 1.29 is 13.2 Å². The van der Waals surface area contributed by atoms with Gasteiger partial charge in [0.1, 0.15) is 15.7 Å². The number of ether oxygens (including phenoxy) is 1. The van der Waals surface area contributed by atoms with Crippen molar-refractivity contribution in [2.45, 2.75) is 31.6 Å². The number of nitrogens with zero attached hydrogens (tertiary/aromatic N) is 2. The molecular formula is C22H26ClN5O3S. The minimum absolute atomic E-state index is 0.0971. The van der Waals surface area contributed by atoms with Crippen LogP contribution < -0.4 is 15.4 Å². The van der Waals surface area contributed by atoms with E-state index in [1.807, 2.05) is 12.2 Å². The maximum atomic E-state index is 12.6. The molecule has 1 heterocycles. The molecule has 0 amide bonds. The quantitative estimate of drug-likeness (QED) is 0.481. The standard InChI is InChI=1S/C22H26ClN5O3S/c1-4-15-9-8-11-19(31-3)18(13-15)27-22-24-14-16(23)21(28-22)26-17-10-6-7-12-20(17)32(29,30)25-5-2/h6-7,9-14,25H,4-5,8H2,1-3H3,(H2,24,26,27,28). The summed E-state index contributed by atoms with van der Waals surface area (Å²) in [7, 11) is -2.08. The summed E-state index contributed by atoms with van der Waals surface area (Å²) < 4.78 is 33.1. The first-order valence-electron chi connectivity index (χ1n) is 10.2. The number of hydrogen-bond acceptors (Lipinski definition) is 7. The molecule has 0 unspecified atom stereocenters. The fraction of sp³-hybridized carbons (Fsp3) is 0.273. The summed E-state index contributed by atoms with van der Waals surface area (Å²) >= 11 is 6.30. The van der Waals surface area contributed by atoms with Gasteiger partial charge >= 0.3 is 0 Å². The number of nitrogens with one attached hydrogen (secondary N) is 3. The van der Waals surface area contributed by atoms with Crippen molar-refractivity contribution in [3.63, 3.8) is 0 Å². The Bertz CT molecular complexity index is 1180. The lowest BCUT2D eigenvalue weighted by Gasteiger charge is -2.15. The topological polar surface area (TPSA) is 105 Å². The Morgan fingerprint density at radius 2 is 1.94 bits per heavy atom. The molecule has 0 aliphatic heterocycles. The lowest BCUT2D eigenvalue weighted by Crippen LogP contribution is -2.24. The number of benzene rings is 1. The highest BCUT2D eigenvalue weighted by molar-refractivity contribution is 7.89. The van der Waals surface area contributed by atoms with Gasteiger partial charge in [0.25, 0.3) is 0 Å². The van der Waals surface area contributed by atoms with Gasteiger partial charge in [-0.25, -0.2) is 18.1 Å². The summed E-state index contributed by atoms with van der Waals surface area (Å²) in [6, 6.07) is 6.54. The third-order valence-electron chi connectivity index (χ3n) is 4.66. The average molecular weight is 476 g/mol. The molecule has 0 fully saturated rings. The largest absolute Gasteiger partial charge is 0.495 e. The second-order valence-corrected chi connectivity index (χ2v) is 8.98. The second-order valence-electron chi connectivity index (χ2n) is 6.84. The minimum Gasteiger partial charge on any atom is -0.495 e. The highest BCUT2D eigenvalue weighted by Crippen LogP contribution is 2.29. The number of halogens is 1. The average Bonchev–Trinajstić information content (AvgIpc) is 2.97. The number of hydrogen-bond donors (Lipinski definition) is 3. The molecule has 170 valence electrons. The van der Waals surface area contributed by atoms with Gasteiger partial charge in [-0.1, -0.05) is 43.7 Å². The molecule has 0 saturated carbocycles. The smallest absolute Gasteiger partial charge is 0.242 e. The van der Waals surface area contributed by atoms with Gasteiger partial charge in [0, 0.05) is 6.54 Å². The Kier molecular flexibility index (Phi) is 7.89. The first-order chi connectivity index (χ1) is 15.4. The van der Waals surface area contributed by atoms with Crippen LogP contribution in [-0.4, -0.2) is 32.0 Å². The molecular weight excluding hydrogens is 450 g/mol. The number of sulfonamides is 1. The molecule has 8 nitrogen and oxygen atoms in total. The van der Waals surface area contributed by atoms with Crippen LogP contribution in [0.25, 0.3) is 0 Å². The molecule has 1 aromatic carbocycles. The van der Waals surface area contributed by atoms with E-state index in [-0.39, 0.29) is 28.2 Å². The van der Waals surface area contributed by atoms with Gasteiger partial charge < -0.3 is 15.4 Å². The van der Waals surface area contributed by atoms with Gasteiger partial charge in [0.2, 0.25) is 16.0 Å². The lowest BCUT2D eigenvalue weighted by molar-refractivity contribution is 0.300. The van der Waals surface area contributed by atoms with E-state index in [9.17, 15) is 8.42 Å². The molecule has 0 bridgehead atoms. The van der Waals surface area contributed by atoms with Crippen LogP contribution in [0, 0.1) is 0 Å². The van der Waals surface area contributed by atoms with Gasteiger partial charge in [0.05, 0.1) is 24.7 Å². The van der Waals surface area contributed by atoms with Crippen molar-refractivity contribution >= 4 is 39.1 Å². The molecule has 3 rings (SSSR count). The molecule has 32 heavy (non-hydrogen) atoms. The summed E-state index contributed by atoms with van der Waals surface area (Å²) in [6.45, 7) is 4.08. The van der Waals surface area contributed by atoms with Crippen molar-refractivity contribution in [3.05, 3.63) is 70.7 Å². The molecule has 2 aromatic rings. The van der Waals surface area contributed by atoms with E-state index in [0.717, 1.165) is 24.1 Å². The number of aromatic nitrogens is 2. The third-order valence-corrected chi connectivity index (χ3v) is 6.54. The first kappa shape index (κ1) is 23.8. The fourth-order valence-electron chi connectivity index (χ4n) is 3.12. The summed E-state index contributed by atoms with van der Waals surface area (Å²) in [5.74, 6) is 1.24. The highest BCUT2D eigenvalue weighted by atomic mass is 35.5. The predicted octanol–water partition coefficient (Wildman–Crippen LogP) is 4.74. The predicted molar refractivity (Wildman–Crippen MR) is 127 cm³/mol. The van der Waals surface area contributed by atoms with Crippen molar-refractivity contribution in [1.29, 1.82) is 0 Å². The van der Waals surface area contributed by atoms with Crippen LogP contribution in [0.4, 0.5) is 17.5 Å². The van der Waals surface area contributed by atoms with Gasteiger partial charge in [-0.05, 0) is 42.7 Å². The molecule has 3 N–H and O–H groups in total. The Hall–Kier alpha value is -2.88.